The minimum atomic E-state index is -0.375. The van der Waals surface area contributed by atoms with Gasteiger partial charge in [0.15, 0.2) is 0 Å². The molecule has 0 bridgehead atoms. The van der Waals surface area contributed by atoms with Crippen molar-refractivity contribution in [3.8, 4) is 0 Å². The van der Waals surface area contributed by atoms with Gasteiger partial charge in [-0.25, -0.2) is 9.18 Å². The number of hydrogen-bond acceptors (Lipinski definition) is 4. The smallest absolute Gasteiger partial charge is 0.315 e. The number of amides is 2. The molecule has 1 aromatic carbocycles. The van der Waals surface area contributed by atoms with Crippen molar-refractivity contribution in [3.05, 3.63) is 64.3 Å². The lowest BCUT2D eigenvalue weighted by Crippen LogP contribution is -2.39. The lowest BCUT2D eigenvalue weighted by atomic mass is 10.0. The summed E-state index contributed by atoms with van der Waals surface area (Å²) in [7, 11) is 0. The highest BCUT2D eigenvalue weighted by Gasteiger charge is 2.22. The van der Waals surface area contributed by atoms with Crippen LogP contribution in [0.3, 0.4) is 0 Å². The van der Waals surface area contributed by atoms with Gasteiger partial charge in [0, 0.05) is 49.7 Å². The number of aryl methyl sites for hydroxylation is 1. The molecule has 1 aliphatic rings. The standard InChI is InChI=1S/C23H31FN4O3/c1-17(20-16-18(24)7-8-21(20)27-14-9-19(29)10-15-27)26-23(31)25-11-3-5-13-28-12-4-2-6-22(28)30/h2,4,6-8,12,16-17,19,29H,3,5,9-11,13-15H2,1H3,(H2,25,26,31). The summed E-state index contributed by atoms with van der Waals surface area (Å²) in [5, 5.41) is 15.5. The predicted octanol–water partition coefficient (Wildman–Crippen LogP) is 2.79. The molecule has 3 rings (SSSR count). The molecule has 1 saturated heterocycles. The minimum Gasteiger partial charge on any atom is -0.393 e. The van der Waals surface area contributed by atoms with Crippen LogP contribution < -0.4 is 21.1 Å². The average molecular weight is 431 g/mol. The van der Waals surface area contributed by atoms with Gasteiger partial charge >= 0.3 is 6.03 Å². The lowest BCUT2D eigenvalue weighted by Gasteiger charge is -2.34. The number of pyridine rings is 1. The fraction of sp³-hybridized carbons (Fsp3) is 0.478. The van der Waals surface area contributed by atoms with Gasteiger partial charge in [0.2, 0.25) is 5.56 Å². The van der Waals surface area contributed by atoms with E-state index < -0.39 is 0 Å². The molecule has 7 nitrogen and oxygen atoms in total. The van der Waals surface area contributed by atoms with Gasteiger partial charge in [-0.2, -0.15) is 0 Å². The van der Waals surface area contributed by atoms with E-state index in [9.17, 15) is 19.1 Å². The summed E-state index contributed by atoms with van der Waals surface area (Å²) < 4.78 is 15.6. The number of carbonyl (C=O) groups excluding carboxylic acids is 1. The van der Waals surface area contributed by atoms with Crippen molar-refractivity contribution >= 4 is 11.7 Å². The topological polar surface area (TPSA) is 86.6 Å². The maximum Gasteiger partial charge on any atom is 0.315 e. The third-order valence-corrected chi connectivity index (χ3v) is 5.62. The SMILES string of the molecule is CC(NC(=O)NCCCCn1ccccc1=O)c1cc(F)ccc1N1CCC(O)CC1. The van der Waals surface area contributed by atoms with E-state index in [4.69, 9.17) is 0 Å². The van der Waals surface area contributed by atoms with E-state index in [2.05, 4.69) is 15.5 Å². The Hall–Kier alpha value is -2.87. The molecule has 3 N–H and O–H groups in total. The van der Waals surface area contributed by atoms with E-state index in [1.54, 1.807) is 22.9 Å². The van der Waals surface area contributed by atoms with E-state index in [1.165, 1.54) is 18.2 Å². The summed E-state index contributed by atoms with van der Waals surface area (Å²) in [6.45, 7) is 4.32. The molecule has 31 heavy (non-hydrogen) atoms. The van der Waals surface area contributed by atoms with Crippen molar-refractivity contribution < 1.29 is 14.3 Å². The number of carbonyl (C=O) groups is 1. The van der Waals surface area contributed by atoms with Gasteiger partial charge in [-0.3, -0.25) is 4.79 Å². The molecule has 1 aliphatic heterocycles. The zero-order valence-electron chi connectivity index (χ0n) is 17.9. The largest absolute Gasteiger partial charge is 0.393 e. The van der Waals surface area contributed by atoms with Crippen LogP contribution in [0.4, 0.5) is 14.9 Å². The summed E-state index contributed by atoms with van der Waals surface area (Å²) >= 11 is 0. The summed E-state index contributed by atoms with van der Waals surface area (Å²) in [5.74, 6) is -0.346. The average Bonchev–Trinajstić information content (AvgIpc) is 2.75. The number of nitrogens with zero attached hydrogens (tertiary/aromatic N) is 2. The molecule has 1 atom stereocenters. The zero-order valence-corrected chi connectivity index (χ0v) is 17.9. The van der Waals surface area contributed by atoms with Gasteiger partial charge in [0.1, 0.15) is 5.82 Å². The van der Waals surface area contributed by atoms with Crippen LogP contribution in [-0.2, 0) is 6.54 Å². The van der Waals surface area contributed by atoms with Crippen molar-refractivity contribution in [2.45, 2.75) is 51.3 Å². The second-order valence-corrected chi connectivity index (χ2v) is 7.98. The van der Waals surface area contributed by atoms with E-state index in [0.717, 1.165) is 24.1 Å². The van der Waals surface area contributed by atoms with Gasteiger partial charge in [-0.1, -0.05) is 6.07 Å². The fourth-order valence-electron chi connectivity index (χ4n) is 3.85. The van der Waals surface area contributed by atoms with Crippen molar-refractivity contribution in [1.29, 1.82) is 0 Å². The number of aliphatic hydroxyl groups is 1. The second-order valence-electron chi connectivity index (χ2n) is 7.98. The first-order valence-corrected chi connectivity index (χ1v) is 10.9. The van der Waals surface area contributed by atoms with Gasteiger partial charge in [-0.05, 0) is 56.9 Å². The fourth-order valence-corrected chi connectivity index (χ4v) is 3.85. The molecule has 1 aromatic heterocycles. The van der Waals surface area contributed by atoms with Crippen LogP contribution in [0.5, 0.6) is 0 Å². The molecule has 0 radical (unpaired) electrons. The molecule has 1 unspecified atom stereocenters. The van der Waals surface area contributed by atoms with Crippen LogP contribution in [0.25, 0.3) is 0 Å². The first-order chi connectivity index (χ1) is 14.9. The third kappa shape index (κ3) is 6.55. The van der Waals surface area contributed by atoms with Gasteiger partial charge in [0.25, 0.3) is 0 Å². The molecule has 0 spiro atoms. The Morgan fingerprint density at radius 2 is 2.00 bits per heavy atom. The molecule has 1 fully saturated rings. The summed E-state index contributed by atoms with van der Waals surface area (Å²) in [6, 6.07) is 9.00. The zero-order chi connectivity index (χ0) is 22.2. The number of aliphatic hydroxyl groups excluding tert-OH is 1. The van der Waals surface area contributed by atoms with Crippen LogP contribution in [0, 0.1) is 5.82 Å². The molecular formula is C23H31FN4O3. The van der Waals surface area contributed by atoms with Crippen molar-refractivity contribution in [1.82, 2.24) is 15.2 Å². The van der Waals surface area contributed by atoms with E-state index in [0.29, 0.717) is 39.0 Å². The van der Waals surface area contributed by atoms with Crippen LogP contribution in [0.15, 0.2) is 47.4 Å². The number of unbranched alkanes of at least 4 members (excludes halogenated alkanes) is 1. The highest BCUT2D eigenvalue weighted by molar-refractivity contribution is 5.74. The Morgan fingerprint density at radius 1 is 1.23 bits per heavy atom. The number of nitrogens with one attached hydrogen (secondary N) is 2. The van der Waals surface area contributed by atoms with E-state index in [-0.39, 0.29) is 29.6 Å². The number of aromatic nitrogens is 1. The van der Waals surface area contributed by atoms with Crippen molar-refractivity contribution in [2.24, 2.45) is 0 Å². The van der Waals surface area contributed by atoms with Crippen molar-refractivity contribution in [2.75, 3.05) is 24.5 Å². The van der Waals surface area contributed by atoms with Gasteiger partial charge < -0.3 is 25.2 Å². The first-order valence-electron chi connectivity index (χ1n) is 10.9. The van der Waals surface area contributed by atoms with Gasteiger partial charge in [0.05, 0.1) is 12.1 Å². The highest BCUT2D eigenvalue weighted by Crippen LogP contribution is 2.29. The van der Waals surface area contributed by atoms with Crippen molar-refractivity contribution in [3.63, 3.8) is 0 Å². The predicted molar refractivity (Wildman–Crippen MR) is 119 cm³/mol. The minimum absolute atomic E-state index is 0.0314. The number of benzene rings is 1. The first kappa shape index (κ1) is 22.8. The third-order valence-electron chi connectivity index (χ3n) is 5.62. The lowest BCUT2D eigenvalue weighted by molar-refractivity contribution is 0.145. The molecule has 2 amide bonds. The van der Waals surface area contributed by atoms with E-state index >= 15 is 0 Å². The monoisotopic (exact) mass is 430 g/mol. The number of urea groups is 1. The van der Waals surface area contributed by atoms with E-state index in [1.807, 2.05) is 13.0 Å². The number of rotatable bonds is 8. The van der Waals surface area contributed by atoms with Crippen LogP contribution in [0.1, 0.15) is 44.2 Å². The Kier molecular flexibility index (Phi) is 8.06. The molecule has 2 heterocycles. The summed E-state index contributed by atoms with van der Waals surface area (Å²) in [6.07, 6.45) is 4.33. The quantitative estimate of drug-likeness (QED) is 0.562. The highest BCUT2D eigenvalue weighted by atomic mass is 19.1. The molecule has 2 aromatic rings. The maximum atomic E-state index is 13.9. The second kappa shape index (κ2) is 10.9. The number of halogens is 1. The van der Waals surface area contributed by atoms with Crippen LogP contribution >= 0.6 is 0 Å². The summed E-state index contributed by atoms with van der Waals surface area (Å²) in [5.41, 5.74) is 1.57. The van der Waals surface area contributed by atoms with Crippen LogP contribution in [-0.4, -0.2) is 41.4 Å². The summed E-state index contributed by atoms with van der Waals surface area (Å²) in [4.78, 5) is 26.1. The number of hydrogen-bond donors (Lipinski definition) is 3. The van der Waals surface area contributed by atoms with Gasteiger partial charge in [-0.15, -0.1) is 0 Å². The Balaban J connectivity index is 1.48. The Morgan fingerprint density at radius 3 is 2.74 bits per heavy atom. The molecule has 0 aliphatic carbocycles. The number of anilines is 1. The molecular weight excluding hydrogens is 399 g/mol. The molecule has 8 heteroatoms. The number of piperidine rings is 1. The van der Waals surface area contributed by atoms with Crippen LogP contribution in [0.2, 0.25) is 0 Å². The normalized spacial score (nSPS) is 15.5. The maximum absolute atomic E-state index is 13.9. The Labute approximate surface area is 181 Å². The molecule has 168 valence electrons. The Bertz CT molecular complexity index is 925. The molecule has 0 saturated carbocycles.